The first-order chi connectivity index (χ1) is 10.0. The fourth-order valence-electron chi connectivity index (χ4n) is 1.62. The molecule has 1 heterocycles. The molecule has 6 heteroatoms. The molecule has 1 aromatic carbocycles. The quantitative estimate of drug-likeness (QED) is 0.528. The Balaban J connectivity index is 2.29. The molecule has 0 atom stereocenters. The smallest absolute Gasteiger partial charge is 0.299 e. The number of hydrogen-bond donors (Lipinski definition) is 1. The summed E-state index contributed by atoms with van der Waals surface area (Å²) in [6, 6.07) is 8.74. The highest BCUT2D eigenvalue weighted by Gasteiger charge is 2.35. The van der Waals surface area contributed by atoms with Crippen molar-refractivity contribution in [2.75, 3.05) is 0 Å². The maximum absolute atomic E-state index is 12.4. The Labute approximate surface area is 127 Å². The first kappa shape index (κ1) is 14.9. The van der Waals surface area contributed by atoms with Crippen LogP contribution in [0.25, 0.3) is 0 Å². The Hall–Kier alpha value is -2.47. The number of amides is 2. The maximum Gasteiger partial charge on any atom is 0.299 e. The van der Waals surface area contributed by atoms with Gasteiger partial charge >= 0.3 is 0 Å². The van der Waals surface area contributed by atoms with Crippen LogP contribution in [-0.2, 0) is 9.59 Å². The lowest BCUT2D eigenvalue weighted by atomic mass is 10.1. The number of nitrogens with one attached hydrogen (secondary N) is 1. The third-order valence-electron chi connectivity index (χ3n) is 2.83. The lowest BCUT2D eigenvalue weighted by molar-refractivity contribution is -0.144. The average Bonchev–Trinajstić information content (AvgIpc) is 2.48. The Morgan fingerprint density at radius 2 is 1.95 bits per heavy atom. The molecule has 1 aliphatic heterocycles. The molecule has 2 amide bonds. The minimum absolute atomic E-state index is 0.0184. The van der Waals surface area contributed by atoms with Crippen LogP contribution in [0.5, 0.6) is 5.75 Å². The molecule has 0 aliphatic carbocycles. The maximum atomic E-state index is 12.4. The normalized spacial score (nSPS) is 18.0. The van der Waals surface area contributed by atoms with E-state index in [1.54, 1.807) is 37.3 Å². The Morgan fingerprint density at radius 3 is 2.57 bits per heavy atom. The summed E-state index contributed by atoms with van der Waals surface area (Å²) in [7, 11) is 0. The van der Waals surface area contributed by atoms with Gasteiger partial charge in [-0.2, -0.15) is 0 Å². The van der Waals surface area contributed by atoms with Crippen molar-refractivity contribution in [1.29, 1.82) is 0 Å². The largest absolute Gasteiger partial charge is 0.369 e. The van der Waals surface area contributed by atoms with Gasteiger partial charge in [0.25, 0.3) is 11.8 Å². The van der Waals surface area contributed by atoms with Crippen LogP contribution < -0.4 is 10.2 Å². The molecule has 0 saturated carbocycles. The van der Waals surface area contributed by atoms with Crippen molar-refractivity contribution in [2.24, 2.45) is 0 Å². The minimum atomic E-state index is -0.589. The molecule has 1 fully saturated rings. The fraction of sp³-hybridized carbons (Fsp3) is 0.133. The molecule has 1 aliphatic rings. The van der Waals surface area contributed by atoms with Crippen molar-refractivity contribution >= 4 is 29.1 Å². The summed E-state index contributed by atoms with van der Waals surface area (Å²) in [6.45, 7) is 3.61. The molecule has 0 bridgehead atoms. The molecule has 21 heavy (non-hydrogen) atoms. The van der Waals surface area contributed by atoms with Crippen LogP contribution in [-0.4, -0.2) is 22.0 Å². The van der Waals surface area contributed by atoms with E-state index < -0.39 is 11.8 Å². The zero-order valence-electron chi connectivity index (χ0n) is 11.6. The summed E-state index contributed by atoms with van der Waals surface area (Å²) in [5, 5.41) is 3.26. The molecule has 5 nitrogen and oxygen atoms in total. The van der Waals surface area contributed by atoms with Crippen LogP contribution in [0.4, 0.5) is 0 Å². The van der Waals surface area contributed by atoms with Gasteiger partial charge in [-0.15, -0.1) is 5.06 Å². The third-order valence-corrected chi connectivity index (χ3v) is 3.10. The monoisotopic (exact) mass is 302 g/mol. The number of nitrogens with zero attached hydrogens (tertiary/aromatic N) is 1. The highest BCUT2D eigenvalue weighted by molar-refractivity contribution is 7.80. The molecule has 1 saturated heterocycles. The van der Waals surface area contributed by atoms with Gasteiger partial charge < -0.3 is 4.84 Å². The summed E-state index contributed by atoms with van der Waals surface area (Å²) in [5.41, 5.74) is 0.774. The van der Waals surface area contributed by atoms with Gasteiger partial charge in [-0.05, 0) is 44.3 Å². The topological polar surface area (TPSA) is 58.6 Å². The summed E-state index contributed by atoms with van der Waals surface area (Å²) in [5.74, 6) is -0.667. The van der Waals surface area contributed by atoms with Crippen molar-refractivity contribution in [3.63, 3.8) is 0 Å². The SMILES string of the molecule is CC=C(C)C=C1C(=O)NC(=S)N(Oc2ccccc2)C1=O. The van der Waals surface area contributed by atoms with Crippen molar-refractivity contribution in [3.05, 3.63) is 53.6 Å². The number of thiocarbonyl (C=S) groups is 1. The van der Waals surface area contributed by atoms with E-state index in [4.69, 9.17) is 17.1 Å². The van der Waals surface area contributed by atoms with Gasteiger partial charge in [-0.25, -0.2) is 0 Å². The molecule has 2 rings (SSSR count). The van der Waals surface area contributed by atoms with Gasteiger partial charge in [-0.3, -0.25) is 14.9 Å². The lowest BCUT2D eigenvalue weighted by Crippen LogP contribution is -2.55. The van der Waals surface area contributed by atoms with Gasteiger partial charge in [0.15, 0.2) is 5.75 Å². The Morgan fingerprint density at radius 1 is 1.29 bits per heavy atom. The zero-order valence-corrected chi connectivity index (χ0v) is 12.4. The van der Waals surface area contributed by atoms with Crippen LogP contribution in [0.1, 0.15) is 13.8 Å². The fourth-order valence-corrected chi connectivity index (χ4v) is 1.83. The minimum Gasteiger partial charge on any atom is -0.369 e. The number of hydrogen-bond acceptors (Lipinski definition) is 4. The zero-order chi connectivity index (χ0) is 15.4. The van der Waals surface area contributed by atoms with E-state index in [9.17, 15) is 9.59 Å². The summed E-state index contributed by atoms with van der Waals surface area (Å²) in [4.78, 5) is 29.7. The second kappa shape index (κ2) is 6.32. The first-order valence-corrected chi connectivity index (χ1v) is 6.71. The molecule has 1 N–H and O–H groups in total. The lowest BCUT2D eigenvalue weighted by Gasteiger charge is -2.27. The summed E-state index contributed by atoms with van der Waals surface area (Å²) in [6.07, 6.45) is 3.30. The number of allylic oxidation sites excluding steroid dienone is 3. The third kappa shape index (κ3) is 3.35. The molecule has 108 valence electrons. The number of benzene rings is 1. The Kier molecular flexibility index (Phi) is 4.49. The van der Waals surface area contributed by atoms with E-state index in [0.717, 1.165) is 10.6 Å². The predicted molar refractivity (Wildman–Crippen MR) is 82.2 cm³/mol. The van der Waals surface area contributed by atoms with Gasteiger partial charge in [-0.1, -0.05) is 29.8 Å². The van der Waals surface area contributed by atoms with Gasteiger partial charge in [0, 0.05) is 0 Å². The number of rotatable bonds is 3. The van der Waals surface area contributed by atoms with E-state index in [0.29, 0.717) is 5.75 Å². The molecule has 0 spiro atoms. The summed E-state index contributed by atoms with van der Waals surface area (Å²) >= 11 is 4.98. The Bertz CT molecular complexity index is 650. The van der Waals surface area contributed by atoms with E-state index in [-0.39, 0.29) is 10.7 Å². The molecule has 0 aromatic heterocycles. The van der Waals surface area contributed by atoms with Crippen LogP contribution in [0.2, 0.25) is 0 Å². The first-order valence-electron chi connectivity index (χ1n) is 6.30. The molecular formula is C15H14N2O3S. The van der Waals surface area contributed by atoms with E-state index in [1.165, 1.54) is 6.08 Å². The number of carbonyl (C=O) groups excluding carboxylic acids is 2. The van der Waals surface area contributed by atoms with E-state index in [1.807, 2.05) is 13.0 Å². The second-order valence-electron chi connectivity index (χ2n) is 4.35. The number of hydroxylamine groups is 2. The summed E-state index contributed by atoms with van der Waals surface area (Å²) < 4.78 is 0. The van der Waals surface area contributed by atoms with Crippen molar-refractivity contribution < 1.29 is 14.4 Å². The van der Waals surface area contributed by atoms with Crippen molar-refractivity contribution in [1.82, 2.24) is 10.4 Å². The van der Waals surface area contributed by atoms with Gasteiger partial charge in [0.2, 0.25) is 5.11 Å². The second-order valence-corrected chi connectivity index (χ2v) is 4.74. The van der Waals surface area contributed by atoms with E-state index >= 15 is 0 Å². The van der Waals surface area contributed by atoms with Crippen LogP contribution in [0.3, 0.4) is 0 Å². The highest BCUT2D eigenvalue weighted by atomic mass is 32.1. The molecule has 0 radical (unpaired) electrons. The van der Waals surface area contributed by atoms with Crippen LogP contribution >= 0.6 is 12.2 Å². The number of carbonyl (C=O) groups is 2. The van der Waals surface area contributed by atoms with Crippen LogP contribution in [0.15, 0.2) is 53.6 Å². The van der Waals surface area contributed by atoms with Gasteiger partial charge in [0.05, 0.1) is 0 Å². The molecule has 1 aromatic rings. The van der Waals surface area contributed by atoms with E-state index in [2.05, 4.69) is 5.32 Å². The van der Waals surface area contributed by atoms with Crippen LogP contribution in [0, 0.1) is 0 Å². The van der Waals surface area contributed by atoms with Crippen molar-refractivity contribution in [2.45, 2.75) is 13.8 Å². The predicted octanol–water partition coefficient (Wildman–Crippen LogP) is 2.12. The average molecular weight is 302 g/mol. The van der Waals surface area contributed by atoms with Crippen molar-refractivity contribution in [3.8, 4) is 5.75 Å². The molecule has 0 unspecified atom stereocenters. The number of para-hydroxylation sites is 1. The van der Waals surface area contributed by atoms with Gasteiger partial charge in [0.1, 0.15) is 5.57 Å². The highest BCUT2D eigenvalue weighted by Crippen LogP contribution is 2.17. The standard InChI is InChI=1S/C15H14N2O3S/c1-3-10(2)9-12-13(18)16-15(21)17(14(12)19)20-11-7-5-4-6-8-11/h3-9H,1-2H3,(H,16,18,21). The molecular weight excluding hydrogens is 288 g/mol.